The number of rotatable bonds is 7. The molecule has 3 rings (SSSR count). The number of nitrogens with zero attached hydrogens (tertiary/aromatic N) is 1. The summed E-state index contributed by atoms with van der Waals surface area (Å²) in [5.74, 6) is 0.650. The maximum absolute atomic E-state index is 12.6. The summed E-state index contributed by atoms with van der Waals surface area (Å²) in [6.07, 6.45) is 5.42. The molecule has 1 unspecified atom stereocenters. The van der Waals surface area contributed by atoms with Gasteiger partial charge in [0.15, 0.2) is 0 Å². The topological polar surface area (TPSA) is 78.5 Å². The number of halogens is 1. The summed E-state index contributed by atoms with van der Waals surface area (Å²) >= 11 is 0. The Balaban J connectivity index is 0.00000261. The zero-order valence-electron chi connectivity index (χ0n) is 15.7. The number of hydrogen-bond donors (Lipinski definition) is 2. The lowest BCUT2D eigenvalue weighted by molar-refractivity contribution is -0.120. The first-order chi connectivity index (χ1) is 12.6. The highest BCUT2D eigenvalue weighted by Crippen LogP contribution is 2.21. The van der Waals surface area contributed by atoms with Crippen LogP contribution in [0, 0.1) is 5.92 Å². The van der Waals surface area contributed by atoms with Crippen molar-refractivity contribution < 1.29 is 13.2 Å². The summed E-state index contributed by atoms with van der Waals surface area (Å²) in [6.45, 7) is 4.02. The van der Waals surface area contributed by atoms with E-state index < -0.39 is 10.0 Å². The number of carbonyl (C=O) groups is 1. The Labute approximate surface area is 168 Å². The predicted octanol–water partition coefficient (Wildman–Crippen LogP) is 1.94. The molecule has 27 heavy (non-hydrogen) atoms. The van der Waals surface area contributed by atoms with E-state index in [9.17, 15) is 13.2 Å². The van der Waals surface area contributed by atoms with E-state index in [0.717, 1.165) is 44.3 Å². The van der Waals surface area contributed by atoms with Crippen molar-refractivity contribution in [3.05, 3.63) is 29.8 Å². The summed E-state index contributed by atoms with van der Waals surface area (Å²) < 4.78 is 26.8. The Morgan fingerprint density at radius 3 is 2.48 bits per heavy atom. The van der Waals surface area contributed by atoms with Gasteiger partial charge in [0, 0.05) is 19.6 Å². The molecule has 1 atom stereocenters. The van der Waals surface area contributed by atoms with Gasteiger partial charge < -0.3 is 10.6 Å². The van der Waals surface area contributed by atoms with Gasteiger partial charge in [-0.25, -0.2) is 8.42 Å². The Bertz CT molecular complexity index is 697. The summed E-state index contributed by atoms with van der Waals surface area (Å²) in [6, 6.07) is 6.74. The second-order valence-corrected chi connectivity index (χ2v) is 9.22. The van der Waals surface area contributed by atoms with Gasteiger partial charge in [-0.1, -0.05) is 18.6 Å². The van der Waals surface area contributed by atoms with Gasteiger partial charge in [0.05, 0.1) is 11.3 Å². The van der Waals surface area contributed by atoms with Gasteiger partial charge in [-0.05, 0) is 62.4 Å². The number of carbonyl (C=O) groups excluding carboxylic acids is 1. The average Bonchev–Trinajstić information content (AvgIpc) is 3.16. The first-order valence-electron chi connectivity index (χ1n) is 9.62. The lowest BCUT2D eigenvalue weighted by atomic mass is 10.1. The minimum atomic E-state index is -3.40. The standard InChI is InChI=1S/C19H29N3O3S.ClH/c23-19(21-11-9-17-8-10-20-15-17)14-16-4-6-18(7-5-16)26(24,25)22-12-2-1-3-13-22;/h4-7,17,20H,1-3,8-15H2,(H,21,23);1H. The van der Waals surface area contributed by atoms with Crippen LogP contribution in [-0.4, -0.2) is 51.4 Å². The van der Waals surface area contributed by atoms with E-state index in [2.05, 4.69) is 10.6 Å². The van der Waals surface area contributed by atoms with Crippen molar-refractivity contribution in [2.75, 3.05) is 32.7 Å². The van der Waals surface area contributed by atoms with Crippen LogP contribution in [-0.2, 0) is 21.2 Å². The van der Waals surface area contributed by atoms with Crippen LogP contribution < -0.4 is 10.6 Å². The average molecular weight is 416 g/mol. The maximum Gasteiger partial charge on any atom is 0.243 e. The fourth-order valence-corrected chi connectivity index (χ4v) is 5.18. The molecule has 0 aliphatic carbocycles. The molecule has 2 heterocycles. The molecule has 0 spiro atoms. The van der Waals surface area contributed by atoms with Crippen molar-refractivity contribution in [3.63, 3.8) is 0 Å². The van der Waals surface area contributed by atoms with Crippen LogP contribution in [0.5, 0.6) is 0 Å². The lowest BCUT2D eigenvalue weighted by Crippen LogP contribution is -2.35. The second-order valence-electron chi connectivity index (χ2n) is 7.28. The highest BCUT2D eigenvalue weighted by Gasteiger charge is 2.25. The Morgan fingerprint density at radius 1 is 1.15 bits per heavy atom. The molecule has 0 radical (unpaired) electrons. The third kappa shape index (κ3) is 6.17. The summed E-state index contributed by atoms with van der Waals surface area (Å²) in [5.41, 5.74) is 0.836. The number of piperidine rings is 1. The molecule has 1 aromatic carbocycles. The van der Waals surface area contributed by atoms with Crippen molar-refractivity contribution in [1.82, 2.24) is 14.9 Å². The zero-order chi connectivity index (χ0) is 18.4. The molecule has 1 aromatic rings. The van der Waals surface area contributed by atoms with Crippen molar-refractivity contribution in [2.45, 2.75) is 43.4 Å². The highest BCUT2D eigenvalue weighted by molar-refractivity contribution is 7.89. The number of nitrogens with one attached hydrogen (secondary N) is 2. The van der Waals surface area contributed by atoms with Crippen LogP contribution in [0.2, 0.25) is 0 Å². The largest absolute Gasteiger partial charge is 0.356 e. The van der Waals surface area contributed by atoms with E-state index in [1.54, 1.807) is 28.6 Å². The minimum Gasteiger partial charge on any atom is -0.356 e. The molecule has 1 amide bonds. The Hall–Kier alpha value is -1.15. The number of sulfonamides is 1. The van der Waals surface area contributed by atoms with Crippen LogP contribution in [0.4, 0.5) is 0 Å². The third-order valence-electron chi connectivity index (χ3n) is 5.28. The molecule has 0 aromatic heterocycles. The fourth-order valence-electron chi connectivity index (χ4n) is 3.66. The van der Waals surface area contributed by atoms with Gasteiger partial charge in [0.25, 0.3) is 0 Å². The van der Waals surface area contributed by atoms with E-state index in [4.69, 9.17) is 0 Å². The van der Waals surface area contributed by atoms with Crippen molar-refractivity contribution in [3.8, 4) is 0 Å². The monoisotopic (exact) mass is 415 g/mol. The molecule has 0 bridgehead atoms. The molecule has 2 N–H and O–H groups in total. The van der Waals surface area contributed by atoms with Crippen molar-refractivity contribution >= 4 is 28.3 Å². The summed E-state index contributed by atoms with van der Waals surface area (Å²) in [7, 11) is -3.40. The van der Waals surface area contributed by atoms with Crippen LogP contribution in [0.3, 0.4) is 0 Å². The summed E-state index contributed by atoms with van der Waals surface area (Å²) in [4.78, 5) is 12.4. The molecule has 152 valence electrons. The lowest BCUT2D eigenvalue weighted by Gasteiger charge is -2.25. The van der Waals surface area contributed by atoms with Crippen molar-refractivity contribution in [2.24, 2.45) is 5.92 Å². The van der Waals surface area contributed by atoms with Gasteiger partial charge in [-0.2, -0.15) is 4.31 Å². The smallest absolute Gasteiger partial charge is 0.243 e. The molecular formula is C19H30ClN3O3S. The molecule has 2 aliphatic heterocycles. The molecular weight excluding hydrogens is 386 g/mol. The molecule has 2 aliphatic rings. The van der Waals surface area contributed by atoms with Crippen LogP contribution in [0.15, 0.2) is 29.2 Å². The van der Waals surface area contributed by atoms with Gasteiger partial charge >= 0.3 is 0 Å². The van der Waals surface area contributed by atoms with E-state index in [1.165, 1.54) is 6.42 Å². The normalized spacial score (nSPS) is 20.8. The van der Waals surface area contributed by atoms with Crippen LogP contribution in [0.1, 0.15) is 37.7 Å². The van der Waals surface area contributed by atoms with Crippen LogP contribution in [0.25, 0.3) is 0 Å². The van der Waals surface area contributed by atoms with Gasteiger partial charge in [-0.3, -0.25) is 4.79 Å². The van der Waals surface area contributed by atoms with E-state index in [1.807, 2.05) is 0 Å². The Morgan fingerprint density at radius 2 is 1.85 bits per heavy atom. The third-order valence-corrected chi connectivity index (χ3v) is 7.19. The second kappa shape index (κ2) is 10.4. The molecule has 8 heteroatoms. The number of hydrogen-bond acceptors (Lipinski definition) is 4. The van der Waals surface area contributed by atoms with Gasteiger partial charge in [-0.15, -0.1) is 12.4 Å². The first-order valence-corrected chi connectivity index (χ1v) is 11.1. The minimum absolute atomic E-state index is 0. The summed E-state index contributed by atoms with van der Waals surface area (Å²) in [5, 5.41) is 6.29. The first kappa shape index (κ1) is 22.1. The van der Waals surface area contributed by atoms with Crippen LogP contribution >= 0.6 is 12.4 Å². The highest BCUT2D eigenvalue weighted by atomic mass is 35.5. The van der Waals surface area contributed by atoms with E-state index in [-0.39, 0.29) is 24.7 Å². The number of benzene rings is 1. The fraction of sp³-hybridized carbons (Fsp3) is 0.632. The van der Waals surface area contributed by atoms with Gasteiger partial charge in [0.1, 0.15) is 0 Å². The quantitative estimate of drug-likeness (QED) is 0.713. The Kier molecular flexibility index (Phi) is 8.54. The van der Waals surface area contributed by atoms with Gasteiger partial charge in [0.2, 0.25) is 15.9 Å². The van der Waals surface area contributed by atoms with E-state index >= 15 is 0 Å². The number of amides is 1. The zero-order valence-corrected chi connectivity index (χ0v) is 17.3. The maximum atomic E-state index is 12.6. The molecule has 2 saturated heterocycles. The molecule has 0 saturated carbocycles. The van der Waals surface area contributed by atoms with Crippen molar-refractivity contribution in [1.29, 1.82) is 0 Å². The SMILES string of the molecule is Cl.O=C(Cc1ccc(S(=O)(=O)N2CCCCC2)cc1)NCCC1CCNC1. The van der Waals surface area contributed by atoms with E-state index in [0.29, 0.717) is 30.4 Å². The molecule has 2 fully saturated rings. The molecule has 6 nitrogen and oxygen atoms in total. The predicted molar refractivity (Wildman–Crippen MR) is 109 cm³/mol.